The molecular formula is C13H19Cl2NO. The normalized spacial score (nSPS) is 11.1. The highest BCUT2D eigenvalue weighted by atomic mass is 35.5. The first-order valence-electron chi connectivity index (χ1n) is 5.86. The Kier molecular flexibility index (Phi) is 6.90. The lowest BCUT2D eigenvalue weighted by atomic mass is 10.2. The monoisotopic (exact) mass is 275 g/mol. The Balaban J connectivity index is 2.22. The molecule has 0 aliphatic rings. The average molecular weight is 276 g/mol. The summed E-state index contributed by atoms with van der Waals surface area (Å²) in [5.74, 6) is 0. The summed E-state index contributed by atoms with van der Waals surface area (Å²) in [5.41, 5.74) is 0.959. The van der Waals surface area contributed by atoms with Crippen LogP contribution in [0, 0.1) is 0 Å². The summed E-state index contributed by atoms with van der Waals surface area (Å²) in [6.07, 6.45) is 1.29. The first-order valence-corrected chi connectivity index (χ1v) is 6.62. The molecule has 1 aromatic rings. The van der Waals surface area contributed by atoms with E-state index in [-0.39, 0.29) is 0 Å². The molecular weight excluding hydrogens is 257 g/mol. The van der Waals surface area contributed by atoms with Gasteiger partial charge in [-0.25, -0.2) is 0 Å². The van der Waals surface area contributed by atoms with Crippen LogP contribution in [0.5, 0.6) is 0 Å². The largest absolute Gasteiger partial charge is 0.379 e. The molecule has 0 aliphatic carbocycles. The molecule has 0 saturated carbocycles. The fourth-order valence-corrected chi connectivity index (χ4v) is 1.96. The molecule has 0 bridgehead atoms. The molecule has 0 atom stereocenters. The molecule has 0 aliphatic heterocycles. The van der Waals surface area contributed by atoms with E-state index in [1.807, 2.05) is 32.0 Å². The Labute approximate surface area is 113 Å². The number of rotatable bonds is 7. The first-order chi connectivity index (χ1) is 8.11. The lowest BCUT2D eigenvalue weighted by Crippen LogP contribution is -2.17. The van der Waals surface area contributed by atoms with Gasteiger partial charge < -0.3 is 10.1 Å². The molecule has 0 saturated heterocycles. The van der Waals surface area contributed by atoms with E-state index in [0.29, 0.717) is 22.7 Å². The number of ether oxygens (including phenoxy) is 1. The Morgan fingerprint density at radius 3 is 2.47 bits per heavy atom. The molecule has 0 heterocycles. The van der Waals surface area contributed by atoms with E-state index in [1.165, 1.54) is 0 Å². The second kappa shape index (κ2) is 7.93. The molecule has 4 heteroatoms. The molecule has 2 nitrogen and oxygen atoms in total. The Hall–Kier alpha value is -0.280. The van der Waals surface area contributed by atoms with E-state index in [4.69, 9.17) is 27.9 Å². The van der Waals surface area contributed by atoms with Crippen LogP contribution in [-0.2, 0) is 11.3 Å². The number of halogens is 2. The van der Waals surface area contributed by atoms with Gasteiger partial charge in [0.05, 0.1) is 6.10 Å². The van der Waals surface area contributed by atoms with Crippen molar-refractivity contribution >= 4 is 23.2 Å². The second-order valence-electron chi connectivity index (χ2n) is 4.15. The van der Waals surface area contributed by atoms with Crippen molar-refractivity contribution in [2.45, 2.75) is 32.9 Å². The van der Waals surface area contributed by atoms with Gasteiger partial charge in [-0.05, 0) is 38.9 Å². The lowest BCUT2D eigenvalue weighted by molar-refractivity contribution is 0.0770. The van der Waals surface area contributed by atoms with Crippen molar-refractivity contribution in [2.75, 3.05) is 13.2 Å². The summed E-state index contributed by atoms with van der Waals surface area (Å²) in [6, 6.07) is 5.56. The highest BCUT2D eigenvalue weighted by Gasteiger charge is 2.04. The van der Waals surface area contributed by atoms with Crippen molar-refractivity contribution < 1.29 is 4.74 Å². The third-order valence-electron chi connectivity index (χ3n) is 2.31. The minimum atomic E-state index is 0.299. The van der Waals surface area contributed by atoms with Crippen LogP contribution in [0.2, 0.25) is 10.0 Å². The van der Waals surface area contributed by atoms with Crippen LogP contribution >= 0.6 is 23.2 Å². The molecule has 1 N–H and O–H groups in total. The van der Waals surface area contributed by atoms with Gasteiger partial charge in [-0.1, -0.05) is 29.3 Å². The Morgan fingerprint density at radius 1 is 1.24 bits per heavy atom. The highest BCUT2D eigenvalue weighted by Crippen LogP contribution is 2.23. The van der Waals surface area contributed by atoms with Gasteiger partial charge in [-0.2, -0.15) is 0 Å². The highest BCUT2D eigenvalue weighted by molar-refractivity contribution is 6.35. The van der Waals surface area contributed by atoms with Crippen molar-refractivity contribution in [3.05, 3.63) is 33.8 Å². The standard InChI is InChI=1S/C13H19Cl2NO/c1-10(2)17-8-4-7-16-9-11-12(14)5-3-6-13(11)15/h3,5-6,10,16H,4,7-9H2,1-2H3. The fourth-order valence-electron chi connectivity index (χ4n) is 1.43. The zero-order chi connectivity index (χ0) is 12.7. The van der Waals surface area contributed by atoms with Crippen LogP contribution in [-0.4, -0.2) is 19.3 Å². The third-order valence-corrected chi connectivity index (χ3v) is 3.02. The van der Waals surface area contributed by atoms with Gasteiger partial charge in [0.2, 0.25) is 0 Å². The van der Waals surface area contributed by atoms with E-state index in [0.717, 1.165) is 25.1 Å². The van der Waals surface area contributed by atoms with Gasteiger partial charge in [0.15, 0.2) is 0 Å². The molecule has 17 heavy (non-hydrogen) atoms. The second-order valence-corrected chi connectivity index (χ2v) is 4.96. The SMILES string of the molecule is CC(C)OCCCNCc1c(Cl)cccc1Cl. The number of benzene rings is 1. The quantitative estimate of drug-likeness (QED) is 0.763. The van der Waals surface area contributed by atoms with Crippen molar-refractivity contribution in [3.8, 4) is 0 Å². The molecule has 1 rings (SSSR count). The summed E-state index contributed by atoms with van der Waals surface area (Å²) in [4.78, 5) is 0. The zero-order valence-corrected chi connectivity index (χ0v) is 11.8. The van der Waals surface area contributed by atoms with Crippen molar-refractivity contribution in [1.29, 1.82) is 0 Å². The van der Waals surface area contributed by atoms with E-state index in [9.17, 15) is 0 Å². The van der Waals surface area contributed by atoms with Gasteiger partial charge in [0, 0.05) is 28.8 Å². The summed E-state index contributed by atoms with van der Waals surface area (Å²) in [5, 5.41) is 4.73. The Bertz CT molecular complexity index is 322. The zero-order valence-electron chi connectivity index (χ0n) is 10.3. The molecule has 0 spiro atoms. The van der Waals surface area contributed by atoms with Gasteiger partial charge in [0.1, 0.15) is 0 Å². The maximum absolute atomic E-state index is 6.06. The van der Waals surface area contributed by atoms with E-state index < -0.39 is 0 Å². The van der Waals surface area contributed by atoms with E-state index >= 15 is 0 Å². The van der Waals surface area contributed by atoms with E-state index in [2.05, 4.69) is 5.32 Å². The van der Waals surface area contributed by atoms with Crippen LogP contribution in [0.4, 0.5) is 0 Å². The molecule has 0 aromatic heterocycles. The minimum Gasteiger partial charge on any atom is -0.379 e. The van der Waals surface area contributed by atoms with E-state index in [1.54, 1.807) is 0 Å². The summed E-state index contributed by atoms with van der Waals surface area (Å²) >= 11 is 12.1. The molecule has 0 amide bonds. The van der Waals surface area contributed by atoms with Gasteiger partial charge >= 0.3 is 0 Å². The summed E-state index contributed by atoms with van der Waals surface area (Å²) in [6.45, 7) is 6.45. The first kappa shape index (κ1) is 14.8. The number of hydrogen-bond donors (Lipinski definition) is 1. The average Bonchev–Trinajstić information content (AvgIpc) is 2.26. The lowest BCUT2D eigenvalue weighted by Gasteiger charge is -2.10. The van der Waals surface area contributed by atoms with Crippen LogP contribution in [0.25, 0.3) is 0 Å². The van der Waals surface area contributed by atoms with Crippen LogP contribution in [0.3, 0.4) is 0 Å². The molecule has 0 radical (unpaired) electrons. The predicted molar refractivity (Wildman–Crippen MR) is 73.9 cm³/mol. The van der Waals surface area contributed by atoms with Crippen molar-refractivity contribution in [1.82, 2.24) is 5.32 Å². The van der Waals surface area contributed by atoms with Crippen LogP contribution in [0.15, 0.2) is 18.2 Å². The van der Waals surface area contributed by atoms with Gasteiger partial charge in [-0.3, -0.25) is 0 Å². The van der Waals surface area contributed by atoms with Crippen molar-refractivity contribution in [3.63, 3.8) is 0 Å². The maximum atomic E-state index is 6.06. The molecule has 96 valence electrons. The minimum absolute atomic E-state index is 0.299. The smallest absolute Gasteiger partial charge is 0.0518 e. The maximum Gasteiger partial charge on any atom is 0.0518 e. The van der Waals surface area contributed by atoms with Crippen LogP contribution in [0.1, 0.15) is 25.8 Å². The van der Waals surface area contributed by atoms with Crippen molar-refractivity contribution in [2.24, 2.45) is 0 Å². The molecule has 1 aromatic carbocycles. The van der Waals surface area contributed by atoms with Crippen LogP contribution < -0.4 is 5.32 Å². The third kappa shape index (κ3) is 5.73. The fraction of sp³-hybridized carbons (Fsp3) is 0.538. The number of nitrogens with one attached hydrogen (secondary N) is 1. The van der Waals surface area contributed by atoms with Gasteiger partial charge in [0.25, 0.3) is 0 Å². The Morgan fingerprint density at radius 2 is 1.88 bits per heavy atom. The molecule has 0 unspecified atom stereocenters. The summed E-state index contributed by atoms with van der Waals surface area (Å²) < 4.78 is 5.45. The van der Waals surface area contributed by atoms with Gasteiger partial charge in [-0.15, -0.1) is 0 Å². The number of hydrogen-bond acceptors (Lipinski definition) is 2. The summed E-state index contributed by atoms with van der Waals surface area (Å²) in [7, 11) is 0. The molecule has 0 fully saturated rings. The topological polar surface area (TPSA) is 21.3 Å². The predicted octanol–water partition coefficient (Wildman–Crippen LogP) is 3.90.